The Hall–Kier alpha value is -2.24. The molecule has 0 N–H and O–H groups in total. The minimum Gasteiger partial charge on any atom is -0.305 e. The number of hydrogen-bond donors (Lipinski definition) is 0. The first-order valence-electron chi connectivity index (χ1n) is 8.77. The van der Waals surface area contributed by atoms with Crippen molar-refractivity contribution >= 4 is 11.0 Å². The van der Waals surface area contributed by atoms with E-state index < -0.39 is 0 Å². The zero-order valence-corrected chi connectivity index (χ0v) is 15.0. The van der Waals surface area contributed by atoms with Gasteiger partial charge in [-0.25, -0.2) is 4.63 Å². The summed E-state index contributed by atoms with van der Waals surface area (Å²) in [5.41, 5.74) is 5.62. The first-order chi connectivity index (χ1) is 12.1. The van der Waals surface area contributed by atoms with E-state index in [1.807, 2.05) is 12.1 Å². The van der Waals surface area contributed by atoms with Gasteiger partial charge < -0.3 is 4.90 Å². The molecule has 5 nitrogen and oxygen atoms in total. The summed E-state index contributed by atoms with van der Waals surface area (Å²) in [6.07, 6.45) is 0. The van der Waals surface area contributed by atoms with Crippen LogP contribution in [-0.4, -0.2) is 53.3 Å². The molecular formula is C20H24N4O. The maximum atomic E-state index is 4.90. The highest BCUT2D eigenvalue weighted by Gasteiger charge is 2.35. The Morgan fingerprint density at radius 2 is 1.88 bits per heavy atom. The molecule has 4 rings (SSSR count). The van der Waals surface area contributed by atoms with Crippen molar-refractivity contribution in [3.63, 3.8) is 0 Å². The second-order valence-corrected chi connectivity index (χ2v) is 7.29. The van der Waals surface area contributed by atoms with E-state index in [0.29, 0.717) is 12.0 Å². The van der Waals surface area contributed by atoms with Crippen LogP contribution in [0.3, 0.4) is 0 Å². The second kappa shape index (κ2) is 6.58. The van der Waals surface area contributed by atoms with E-state index in [-0.39, 0.29) is 0 Å². The van der Waals surface area contributed by atoms with Gasteiger partial charge in [-0.05, 0) is 48.5 Å². The highest BCUT2D eigenvalue weighted by Crippen LogP contribution is 2.32. The van der Waals surface area contributed by atoms with E-state index in [1.54, 1.807) is 0 Å². The molecule has 1 aromatic heterocycles. The zero-order chi connectivity index (χ0) is 17.4. The Labute approximate surface area is 148 Å². The first-order valence-corrected chi connectivity index (χ1v) is 8.77. The lowest BCUT2D eigenvalue weighted by Gasteiger charge is -2.25. The van der Waals surface area contributed by atoms with Gasteiger partial charge in [-0.1, -0.05) is 42.0 Å². The molecule has 2 heterocycles. The third kappa shape index (κ3) is 3.17. The quantitative estimate of drug-likeness (QED) is 0.733. The Morgan fingerprint density at radius 1 is 1.08 bits per heavy atom. The molecule has 0 aliphatic carbocycles. The van der Waals surface area contributed by atoms with Crippen molar-refractivity contribution in [1.29, 1.82) is 0 Å². The van der Waals surface area contributed by atoms with Gasteiger partial charge >= 0.3 is 0 Å². The summed E-state index contributed by atoms with van der Waals surface area (Å²) in [5, 5.41) is 8.03. The zero-order valence-electron chi connectivity index (χ0n) is 15.0. The lowest BCUT2D eigenvalue weighted by atomic mass is 9.93. The molecule has 1 fully saturated rings. The third-order valence-corrected chi connectivity index (χ3v) is 5.30. The van der Waals surface area contributed by atoms with Crippen molar-refractivity contribution in [2.45, 2.75) is 25.4 Å². The normalized spacial score (nSPS) is 21.4. The largest absolute Gasteiger partial charge is 0.305 e. The minimum atomic E-state index is 0.511. The van der Waals surface area contributed by atoms with E-state index in [1.165, 1.54) is 16.7 Å². The molecule has 2 atom stereocenters. The van der Waals surface area contributed by atoms with Crippen molar-refractivity contribution < 1.29 is 4.63 Å². The number of aromatic nitrogens is 2. The van der Waals surface area contributed by atoms with Crippen LogP contribution in [-0.2, 0) is 6.54 Å². The van der Waals surface area contributed by atoms with E-state index in [0.717, 1.165) is 30.7 Å². The van der Waals surface area contributed by atoms with Gasteiger partial charge in [0.1, 0.15) is 11.0 Å². The van der Waals surface area contributed by atoms with E-state index in [2.05, 4.69) is 71.5 Å². The Morgan fingerprint density at radius 3 is 2.64 bits per heavy atom. The molecule has 1 aliphatic rings. The fraction of sp³-hybridized carbons (Fsp3) is 0.400. The molecule has 0 bridgehead atoms. The summed E-state index contributed by atoms with van der Waals surface area (Å²) in [4.78, 5) is 4.86. The molecule has 0 radical (unpaired) electrons. The lowest BCUT2D eigenvalue weighted by molar-refractivity contribution is 0.260. The van der Waals surface area contributed by atoms with Crippen LogP contribution in [0, 0.1) is 6.92 Å². The fourth-order valence-corrected chi connectivity index (χ4v) is 3.89. The van der Waals surface area contributed by atoms with Crippen molar-refractivity contribution in [3.8, 4) is 0 Å². The van der Waals surface area contributed by atoms with Gasteiger partial charge in [0.05, 0.1) is 0 Å². The summed E-state index contributed by atoms with van der Waals surface area (Å²) in [6.45, 7) is 5.11. The third-order valence-electron chi connectivity index (χ3n) is 5.30. The number of likely N-dealkylation sites (tertiary alicyclic amines) is 1. The van der Waals surface area contributed by atoms with Gasteiger partial charge in [0.25, 0.3) is 0 Å². The van der Waals surface area contributed by atoms with Crippen LogP contribution < -0.4 is 0 Å². The van der Waals surface area contributed by atoms with Crippen molar-refractivity contribution in [2.24, 2.45) is 0 Å². The molecule has 2 aromatic carbocycles. The van der Waals surface area contributed by atoms with Gasteiger partial charge in [-0.15, -0.1) is 0 Å². The number of nitrogens with zero attached hydrogens (tertiary/aromatic N) is 4. The Bertz CT molecular complexity index is 856. The number of likely N-dealkylation sites (N-methyl/N-ethyl adjacent to an activating group) is 1. The molecule has 3 aromatic rings. The average molecular weight is 336 g/mol. The Kier molecular flexibility index (Phi) is 4.27. The molecule has 0 unspecified atom stereocenters. The Balaban J connectivity index is 1.57. The topological polar surface area (TPSA) is 45.4 Å². The van der Waals surface area contributed by atoms with Crippen LogP contribution in [0.25, 0.3) is 11.0 Å². The number of benzene rings is 2. The molecule has 1 saturated heterocycles. The highest BCUT2D eigenvalue weighted by atomic mass is 16.6. The van der Waals surface area contributed by atoms with E-state index >= 15 is 0 Å². The van der Waals surface area contributed by atoms with E-state index in [9.17, 15) is 0 Å². The predicted molar refractivity (Wildman–Crippen MR) is 98.5 cm³/mol. The van der Waals surface area contributed by atoms with Crippen molar-refractivity contribution in [2.75, 3.05) is 27.2 Å². The summed E-state index contributed by atoms with van der Waals surface area (Å²) in [7, 11) is 4.36. The predicted octanol–water partition coefficient (Wildman–Crippen LogP) is 3.06. The molecule has 0 spiro atoms. The minimum absolute atomic E-state index is 0.511. The maximum absolute atomic E-state index is 4.90. The number of fused-ring (bicyclic) bond motifs is 1. The molecule has 1 aliphatic heterocycles. The molecule has 130 valence electrons. The van der Waals surface area contributed by atoms with E-state index in [4.69, 9.17) is 4.63 Å². The molecular weight excluding hydrogens is 312 g/mol. The van der Waals surface area contributed by atoms with Crippen LogP contribution in [0.15, 0.2) is 47.1 Å². The standard InChI is InChI=1S/C20H24N4O/c1-14-7-9-15(10-8-14)17-12-24(13-19(17)23(2)3)11-16-5-4-6-18-20(16)22-25-21-18/h4-10,17,19H,11-13H2,1-3H3/t17-,19+/m1/s1. The SMILES string of the molecule is Cc1ccc([C@H]2CN(Cc3cccc4nonc34)C[C@@H]2N(C)C)cc1. The smallest absolute Gasteiger partial charge is 0.139 e. The summed E-state index contributed by atoms with van der Waals surface area (Å²) in [5.74, 6) is 0.519. The summed E-state index contributed by atoms with van der Waals surface area (Å²) < 4.78 is 4.90. The van der Waals surface area contributed by atoms with Gasteiger partial charge in [0, 0.05) is 31.6 Å². The first kappa shape index (κ1) is 16.2. The van der Waals surface area contributed by atoms with Crippen LogP contribution in [0.4, 0.5) is 0 Å². The molecule has 0 saturated carbocycles. The lowest BCUT2D eigenvalue weighted by Crippen LogP contribution is -2.34. The molecule has 0 amide bonds. The van der Waals surface area contributed by atoms with Crippen molar-refractivity contribution in [1.82, 2.24) is 20.1 Å². The van der Waals surface area contributed by atoms with Crippen molar-refractivity contribution in [3.05, 3.63) is 59.2 Å². The highest BCUT2D eigenvalue weighted by molar-refractivity contribution is 5.76. The number of hydrogen-bond acceptors (Lipinski definition) is 5. The van der Waals surface area contributed by atoms with Crippen LogP contribution in [0.2, 0.25) is 0 Å². The summed E-state index contributed by atoms with van der Waals surface area (Å²) in [6, 6.07) is 15.6. The number of rotatable bonds is 4. The van der Waals surface area contributed by atoms with Crippen LogP contribution in [0.5, 0.6) is 0 Å². The van der Waals surface area contributed by atoms with Crippen LogP contribution >= 0.6 is 0 Å². The number of aryl methyl sites for hydroxylation is 1. The van der Waals surface area contributed by atoms with Gasteiger partial charge in [0.15, 0.2) is 0 Å². The summed E-state index contributed by atoms with van der Waals surface area (Å²) >= 11 is 0. The molecule has 25 heavy (non-hydrogen) atoms. The fourth-order valence-electron chi connectivity index (χ4n) is 3.89. The average Bonchev–Trinajstić information content (AvgIpc) is 3.23. The van der Waals surface area contributed by atoms with Gasteiger partial charge in [0.2, 0.25) is 0 Å². The van der Waals surface area contributed by atoms with Gasteiger partial charge in [-0.3, -0.25) is 4.90 Å². The van der Waals surface area contributed by atoms with Gasteiger partial charge in [-0.2, -0.15) is 0 Å². The second-order valence-electron chi connectivity index (χ2n) is 7.29. The monoisotopic (exact) mass is 336 g/mol. The molecule has 5 heteroatoms. The van der Waals surface area contributed by atoms with Crippen LogP contribution in [0.1, 0.15) is 22.6 Å². The maximum Gasteiger partial charge on any atom is 0.139 e.